The van der Waals surface area contributed by atoms with Gasteiger partial charge in [0.05, 0.1) is 6.61 Å². The molecule has 2 aromatic rings. The van der Waals surface area contributed by atoms with Crippen LogP contribution in [0.25, 0.3) is 11.0 Å². The highest BCUT2D eigenvalue weighted by Gasteiger charge is 2.15. The molecule has 0 spiro atoms. The van der Waals surface area contributed by atoms with Gasteiger partial charge in [0.25, 0.3) is 0 Å². The number of hydrogen-bond acceptors (Lipinski definition) is 4. The Morgan fingerprint density at radius 3 is 2.65 bits per heavy atom. The number of carboxylic acid groups (broad SMARTS) is 1. The summed E-state index contributed by atoms with van der Waals surface area (Å²) in [5.74, 6) is -0.216. The van der Waals surface area contributed by atoms with Crippen LogP contribution in [0, 0.1) is 13.8 Å². The Morgan fingerprint density at radius 2 is 2.00 bits per heavy atom. The molecule has 124 valence electrons. The predicted molar refractivity (Wildman–Crippen MR) is 88.3 cm³/mol. The van der Waals surface area contributed by atoms with Crippen LogP contribution in [0.5, 0.6) is 5.75 Å². The van der Waals surface area contributed by atoms with Crippen molar-refractivity contribution in [1.82, 2.24) is 0 Å². The number of aliphatic carboxylic acids is 1. The average Bonchev–Trinajstić information content (AvgIpc) is 2.50. The fourth-order valence-electron chi connectivity index (χ4n) is 2.57. The highest BCUT2D eigenvalue weighted by atomic mass is 16.5. The van der Waals surface area contributed by atoms with Crippen LogP contribution in [0.15, 0.2) is 21.3 Å². The van der Waals surface area contributed by atoms with E-state index in [9.17, 15) is 9.59 Å². The van der Waals surface area contributed by atoms with E-state index in [1.807, 2.05) is 26.0 Å². The molecule has 0 saturated heterocycles. The Kier molecular flexibility index (Phi) is 5.42. The first kappa shape index (κ1) is 17.1. The number of rotatable bonds is 7. The molecule has 1 aromatic heterocycles. The van der Waals surface area contributed by atoms with Crippen molar-refractivity contribution >= 4 is 16.9 Å². The number of hydrogen-bond donors (Lipinski definition) is 1. The van der Waals surface area contributed by atoms with Gasteiger partial charge in [0, 0.05) is 22.9 Å². The van der Waals surface area contributed by atoms with Gasteiger partial charge in [0.2, 0.25) is 0 Å². The van der Waals surface area contributed by atoms with Crippen LogP contribution in [-0.2, 0) is 11.2 Å². The third-order valence-electron chi connectivity index (χ3n) is 4.00. The number of carbonyl (C=O) groups is 1. The van der Waals surface area contributed by atoms with Crippen LogP contribution in [0.1, 0.15) is 42.9 Å². The molecule has 1 aromatic carbocycles. The summed E-state index contributed by atoms with van der Waals surface area (Å²) >= 11 is 0. The van der Waals surface area contributed by atoms with E-state index in [1.165, 1.54) is 0 Å². The normalized spacial score (nSPS) is 10.9. The molecule has 2 rings (SSSR count). The van der Waals surface area contributed by atoms with Gasteiger partial charge in [-0.2, -0.15) is 0 Å². The quantitative estimate of drug-likeness (QED) is 0.623. The molecule has 0 aliphatic rings. The minimum absolute atomic E-state index is 0.0890. The van der Waals surface area contributed by atoms with E-state index in [-0.39, 0.29) is 12.8 Å². The number of carboxylic acids is 1. The maximum absolute atomic E-state index is 12.2. The molecule has 0 aliphatic heterocycles. The summed E-state index contributed by atoms with van der Waals surface area (Å²) in [6.45, 7) is 6.41. The third kappa shape index (κ3) is 3.73. The van der Waals surface area contributed by atoms with Gasteiger partial charge in [-0.1, -0.05) is 13.3 Å². The summed E-state index contributed by atoms with van der Waals surface area (Å²) in [5, 5.41) is 9.63. The molecule has 0 bridgehead atoms. The van der Waals surface area contributed by atoms with Crippen molar-refractivity contribution in [3.05, 3.63) is 39.2 Å². The fourth-order valence-corrected chi connectivity index (χ4v) is 2.57. The molecule has 5 nitrogen and oxygen atoms in total. The zero-order chi connectivity index (χ0) is 17.0. The third-order valence-corrected chi connectivity index (χ3v) is 4.00. The van der Waals surface area contributed by atoms with Gasteiger partial charge >= 0.3 is 11.6 Å². The van der Waals surface area contributed by atoms with Gasteiger partial charge in [0.1, 0.15) is 11.3 Å². The highest BCUT2D eigenvalue weighted by Crippen LogP contribution is 2.29. The largest absolute Gasteiger partial charge is 0.493 e. The van der Waals surface area contributed by atoms with E-state index in [0.717, 1.165) is 29.4 Å². The van der Waals surface area contributed by atoms with Crippen LogP contribution in [-0.4, -0.2) is 17.7 Å². The summed E-state index contributed by atoms with van der Waals surface area (Å²) in [6.07, 6.45) is 2.10. The molecule has 0 amide bonds. The number of fused-ring (bicyclic) bond motifs is 1. The second-order valence-electron chi connectivity index (χ2n) is 5.65. The summed E-state index contributed by atoms with van der Waals surface area (Å²) in [4.78, 5) is 22.9. The van der Waals surface area contributed by atoms with Crippen LogP contribution in [0.2, 0.25) is 0 Å². The Bertz CT molecular complexity index is 773. The van der Waals surface area contributed by atoms with Crippen LogP contribution < -0.4 is 10.4 Å². The molecule has 0 radical (unpaired) electrons. The first-order valence-corrected chi connectivity index (χ1v) is 7.86. The lowest BCUT2D eigenvalue weighted by Crippen LogP contribution is -2.13. The zero-order valence-corrected chi connectivity index (χ0v) is 13.8. The van der Waals surface area contributed by atoms with Crippen molar-refractivity contribution in [3.8, 4) is 5.75 Å². The van der Waals surface area contributed by atoms with Gasteiger partial charge in [0.15, 0.2) is 0 Å². The van der Waals surface area contributed by atoms with Gasteiger partial charge in [-0.15, -0.1) is 0 Å². The first-order chi connectivity index (χ1) is 11.0. The Labute approximate surface area is 134 Å². The lowest BCUT2D eigenvalue weighted by molar-refractivity contribution is -0.136. The topological polar surface area (TPSA) is 76.7 Å². The summed E-state index contributed by atoms with van der Waals surface area (Å²) < 4.78 is 11.2. The molecule has 0 unspecified atom stereocenters. The summed E-state index contributed by atoms with van der Waals surface area (Å²) in [5.41, 5.74) is 2.05. The van der Waals surface area contributed by atoms with Gasteiger partial charge < -0.3 is 14.3 Å². The molecule has 0 saturated carbocycles. The van der Waals surface area contributed by atoms with Crippen LogP contribution in [0.4, 0.5) is 0 Å². The molecule has 1 N–H and O–H groups in total. The smallest absolute Gasteiger partial charge is 0.339 e. The monoisotopic (exact) mass is 318 g/mol. The van der Waals surface area contributed by atoms with E-state index in [4.69, 9.17) is 14.3 Å². The second-order valence-corrected chi connectivity index (χ2v) is 5.65. The van der Waals surface area contributed by atoms with Crippen molar-refractivity contribution < 1.29 is 19.1 Å². The predicted octanol–water partition coefficient (Wildman–Crippen LogP) is 3.61. The van der Waals surface area contributed by atoms with Crippen molar-refractivity contribution in [1.29, 1.82) is 0 Å². The van der Waals surface area contributed by atoms with E-state index in [1.54, 1.807) is 0 Å². The lowest BCUT2D eigenvalue weighted by atomic mass is 10.0. The van der Waals surface area contributed by atoms with E-state index in [2.05, 4.69) is 6.92 Å². The standard InChI is InChI=1S/C18H22O5/c1-4-5-10-22-15-8-6-13-11(2)14(7-9-16(19)20)18(21)23-17(13)12(15)3/h6,8H,4-5,7,9-10H2,1-3H3,(H,19,20). The lowest BCUT2D eigenvalue weighted by Gasteiger charge is -2.13. The Hall–Kier alpha value is -2.30. The number of aryl methyl sites for hydroxylation is 2. The number of unbranched alkanes of at least 4 members (excludes halogenated alkanes) is 1. The van der Waals surface area contributed by atoms with Crippen molar-refractivity contribution in [2.75, 3.05) is 6.61 Å². The molecule has 23 heavy (non-hydrogen) atoms. The summed E-state index contributed by atoms with van der Waals surface area (Å²) in [7, 11) is 0. The van der Waals surface area contributed by atoms with Crippen molar-refractivity contribution in [3.63, 3.8) is 0 Å². The second kappa shape index (κ2) is 7.31. The molecule has 0 atom stereocenters. The number of ether oxygens (including phenoxy) is 1. The first-order valence-electron chi connectivity index (χ1n) is 7.86. The minimum Gasteiger partial charge on any atom is -0.493 e. The maximum atomic E-state index is 12.2. The highest BCUT2D eigenvalue weighted by molar-refractivity contribution is 5.85. The van der Waals surface area contributed by atoms with Gasteiger partial charge in [-0.3, -0.25) is 4.79 Å². The van der Waals surface area contributed by atoms with Crippen LogP contribution >= 0.6 is 0 Å². The molecular formula is C18H22O5. The van der Waals surface area contributed by atoms with E-state index >= 15 is 0 Å². The molecule has 5 heteroatoms. The molecule has 0 fully saturated rings. The molecular weight excluding hydrogens is 296 g/mol. The van der Waals surface area contributed by atoms with E-state index in [0.29, 0.717) is 23.5 Å². The van der Waals surface area contributed by atoms with Gasteiger partial charge in [-0.25, -0.2) is 4.79 Å². The van der Waals surface area contributed by atoms with Gasteiger partial charge in [-0.05, 0) is 44.4 Å². The summed E-state index contributed by atoms with van der Waals surface area (Å²) in [6, 6.07) is 3.74. The number of benzene rings is 1. The maximum Gasteiger partial charge on any atom is 0.339 e. The Balaban J connectivity index is 2.45. The Morgan fingerprint density at radius 1 is 1.26 bits per heavy atom. The zero-order valence-electron chi connectivity index (χ0n) is 13.8. The van der Waals surface area contributed by atoms with E-state index < -0.39 is 11.6 Å². The SMILES string of the molecule is CCCCOc1ccc2c(C)c(CCC(=O)O)c(=O)oc2c1C. The van der Waals surface area contributed by atoms with Crippen molar-refractivity contribution in [2.24, 2.45) is 0 Å². The molecule has 1 heterocycles. The minimum atomic E-state index is -0.931. The van der Waals surface area contributed by atoms with Crippen LogP contribution in [0.3, 0.4) is 0 Å². The fraction of sp³-hybridized carbons (Fsp3) is 0.444. The van der Waals surface area contributed by atoms with Crippen molar-refractivity contribution in [2.45, 2.75) is 46.5 Å². The average molecular weight is 318 g/mol. The molecule has 0 aliphatic carbocycles.